The average Bonchev–Trinajstić information content (AvgIpc) is 1.98. The first-order valence-corrected chi connectivity index (χ1v) is 4.75. The van der Waals surface area contributed by atoms with E-state index in [0.717, 1.165) is 11.1 Å². The lowest BCUT2D eigenvalue weighted by atomic mass is 10.2. The van der Waals surface area contributed by atoms with Crippen molar-refractivity contribution in [3.05, 3.63) is 36.0 Å². The van der Waals surface area contributed by atoms with Gasteiger partial charge in [0.15, 0.2) is 0 Å². The fourth-order valence-corrected chi connectivity index (χ4v) is 1.19. The molecule has 0 saturated carbocycles. The Morgan fingerprint density at radius 2 is 1.40 bits per heavy atom. The van der Waals surface area contributed by atoms with Crippen molar-refractivity contribution in [2.45, 2.75) is 26.7 Å². The van der Waals surface area contributed by atoms with Crippen LogP contribution in [0.2, 0.25) is 0 Å². The number of rotatable bonds is 4. The van der Waals surface area contributed by atoms with E-state index in [4.69, 9.17) is 5.73 Å². The number of aromatic nitrogens is 3. The van der Waals surface area contributed by atoms with Crippen LogP contribution < -0.4 is 5.73 Å². The molecule has 0 saturated heterocycles. The highest BCUT2D eigenvalue weighted by Crippen LogP contribution is 2.06. The Balaban J connectivity index is 2.94. The molecule has 0 atom stereocenters. The van der Waals surface area contributed by atoms with Crippen molar-refractivity contribution >= 4 is 5.95 Å². The number of hydrogen-bond acceptors (Lipinski definition) is 4. The van der Waals surface area contributed by atoms with Crippen LogP contribution in [0.5, 0.6) is 0 Å². The predicted molar refractivity (Wildman–Crippen MR) is 61.3 cm³/mol. The molecule has 0 fully saturated rings. The zero-order chi connectivity index (χ0) is 11.4. The first kappa shape index (κ1) is 11.4. The smallest absolute Gasteiger partial charge is 0.223 e. The van der Waals surface area contributed by atoms with Crippen molar-refractivity contribution in [1.29, 1.82) is 0 Å². The largest absolute Gasteiger partial charge is 0.368 e. The first-order valence-electron chi connectivity index (χ1n) is 4.75. The number of allylic oxidation sites excluding steroid dienone is 2. The van der Waals surface area contributed by atoms with Crippen molar-refractivity contribution in [2.75, 3.05) is 5.73 Å². The van der Waals surface area contributed by atoms with Gasteiger partial charge in [-0.05, 0) is 13.8 Å². The number of nitrogens with zero attached hydrogens (tertiary/aromatic N) is 3. The standard InChI is InChI=1S/C11H16N4/c1-7(2)5-9-13-10(6-8(3)4)15-11(12)14-9/h1,3,5-6H2,2,4H3,(H2,12,13,14,15). The van der Waals surface area contributed by atoms with E-state index in [1.807, 2.05) is 13.8 Å². The Labute approximate surface area is 90.0 Å². The van der Waals surface area contributed by atoms with E-state index in [-0.39, 0.29) is 5.95 Å². The summed E-state index contributed by atoms with van der Waals surface area (Å²) in [4.78, 5) is 12.4. The van der Waals surface area contributed by atoms with E-state index in [1.54, 1.807) is 0 Å². The fraction of sp³-hybridized carbons (Fsp3) is 0.364. The van der Waals surface area contributed by atoms with Gasteiger partial charge in [0.05, 0.1) is 0 Å². The van der Waals surface area contributed by atoms with Crippen molar-refractivity contribution < 1.29 is 0 Å². The lowest BCUT2D eigenvalue weighted by Crippen LogP contribution is -2.08. The van der Waals surface area contributed by atoms with Crippen LogP contribution in [0.25, 0.3) is 0 Å². The molecule has 0 amide bonds. The Morgan fingerprint density at radius 3 is 1.73 bits per heavy atom. The summed E-state index contributed by atoms with van der Waals surface area (Å²) >= 11 is 0. The van der Waals surface area contributed by atoms with Gasteiger partial charge in [-0.15, -0.1) is 0 Å². The number of nitrogen functional groups attached to an aromatic ring is 1. The molecule has 4 nitrogen and oxygen atoms in total. The van der Waals surface area contributed by atoms with Crippen LogP contribution in [0.3, 0.4) is 0 Å². The number of nitrogens with two attached hydrogens (primary N) is 1. The van der Waals surface area contributed by atoms with E-state index < -0.39 is 0 Å². The third kappa shape index (κ3) is 3.89. The van der Waals surface area contributed by atoms with Crippen LogP contribution in [0.4, 0.5) is 5.95 Å². The minimum absolute atomic E-state index is 0.262. The Kier molecular flexibility index (Phi) is 3.55. The first-order chi connectivity index (χ1) is 6.97. The predicted octanol–water partition coefficient (Wildman–Crippen LogP) is 1.69. The summed E-state index contributed by atoms with van der Waals surface area (Å²) in [5.41, 5.74) is 7.59. The summed E-state index contributed by atoms with van der Waals surface area (Å²) in [5.74, 6) is 1.61. The van der Waals surface area contributed by atoms with Crippen molar-refractivity contribution in [3.63, 3.8) is 0 Å². The highest BCUT2D eigenvalue weighted by molar-refractivity contribution is 5.19. The van der Waals surface area contributed by atoms with Crippen LogP contribution in [0.15, 0.2) is 24.3 Å². The second-order valence-electron chi connectivity index (χ2n) is 3.79. The van der Waals surface area contributed by atoms with Crippen molar-refractivity contribution in [1.82, 2.24) is 15.0 Å². The SMILES string of the molecule is C=C(C)Cc1nc(N)nc(CC(=C)C)n1. The van der Waals surface area contributed by atoms with Gasteiger partial charge in [0.2, 0.25) is 5.95 Å². The average molecular weight is 204 g/mol. The molecule has 0 unspecified atom stereocenters. The van der Waals surface area contributed by atoms with E-state index in [2.05, 4.69) is 28.1 Å². The van der Waals surface area contributed by atoms with Gasteiger partial charge < -0.3 is 5.73 Å². The number of hydrogen-bond donors (Lipinski definition) is 1. The molecule has 0 aliphatic carbocycles. The summed E-state index contributed by atoms with van der Waals surface area (Å²) in [6.45, 7) is 11.5. The van der Waals surface area contributed by atoms with Crippen molar-refractivity contribution in [2.24, 2.45) is 0 Å². The zero-order valence-electron chi connectivity index (χ0n) is 9.25. The van der Waals surface area contributed by atoms with E-state index in [1.165, 1.54) is 0 Å². The molecule has 0 radical (unpaired) electrons. The van der Waals surface area contributed by atoms with Crippen LogP contribution in [-0.2, 0) is 12.8 Å². The quantitative estimate of drug-likeness (QED) is 0.758. The molecule has 0 spiro atoms. The van der Waals surface area contributed by atoms with Gasteiger partial charge in [0.25, 0.3) is 0 Å². The van der Waals surface area contributed by atoms with Gasteiger partial charge in [0.1, 0.15) is 11.6 Å². The van der Waals surface area contributed by atoms with E-state index >= 15 is 0 Å². The molecule has 1 aromatic heterocycles. The van der Waals surface area contributed by atoms with Crippen LogP contribution >= 0.6 is 0 Å². The van der Waals surface area contributed by atoms with Crippen LogP contribution in [0, 0.1) is 0 Å². The summed E-state index contributed by atoms with van der Waals surface area (Å²) < 4.78 is 0. The molecule has 15 heavy (non-hydrogen) atoms. The molecule has 4 heteroatoms. The summed E-state index contributed by atoms with van der Waals surface area (Å²) in [6, 6.07) is 0. The molecule has 0 aromatic carbocycles. The monoisotopic (exact) mass is 204 g/mol. The number of anilines is 1. The van der Waals surface area contributed by atoms with Crippen LogP contribution in [0.1, 0.15) is 25.5 Å². The maximum Gasteiger partial charge on any atom is 0.223 e. The molecule has 0 bridgehead atoms. The molecule has 1 heterocycles. The second kappa shape index (κ2) is 4.68. The summed E-state index contributed by atoms with van der Waals surface area (Å²) in [6.07, 6.45) is 1.27. The van der Waals surface area contributed by atoms with E-state index in [0.29, 0.717) is 24.5 Å². The Hall–Kier alpha value is -1.71. The molecule has 1 rings (SSSR count). The van der Waals surface area contributed by atoms with Crippen LogP contribution in [-0.4, -0.2) is 15.0 Å². The fourth-order valence-electron chi connectivity index (χ4n) is 1.19. The van der Waals surface area contributed by atoms with Gasteiger partial charge in [-0.3, -0.25) is 0 Å². The van der Waals surface area contributed by atoms with Gasteiger partial charge in [-0.25, -0.2) is 4.98 Å². The lowest BCUT2D eigenvalue weighted by molar-refractivity contribution is 0.850. The minimum atomic E-state index is 0.262. The van der Waals surface area contributed by atoms with Gasteiger partial charge in [0, 0.05) is 12.8 Å². The molecule has 0 aliphatic heterocycles. The lowest BCUT2D eigenvalue weighted by Gasteiger charge is -2.04. The normalized spacial score (nSPS) is 10.0. The molecule has 2 N–H and O–H groups in total. The second-order valence-corrected chi connectivity index (χ2v) is 3.79. The molecular formula is C11H16N4. The van der Waals surface area contributed by atoms with Crippen molar-refractivity contribution in [3.8, 4) is 0 Å². The maximum absolute atomic E-state index is 5.59. The molecule has 0 aliphatic rings. The van der Waals surface area contributed by atoms with Gasteiger partial charge >= 0.3 is 0 Å². The van der Waals surface area contributed by atoms with E-state index in [9.17, 15) is 0 Å². The highest BCUT2D eigenvalue weighted by atomic mass is 15.1. The maximum atomic E-state index is 5.59. The summed E-state index contributed by atoms with van der Waals surface area (Å²) in [5, 5.41) is 0. The molecule has 1 aromatic rings. The third-order valence-corrected chi connectivity index (χ3v) is 1.67. The third-order valence-electron chi connectivity index (χ3n) is 1.67. The molecular weight excluding hydrogens is 188 g/mol. The summed E-state index contributed by atoms with van der Waals surface area (Å²) in [7, 11) is 0. The highest BCUT2D eigenvalue weighted by Gasteiger charge is 2.04. The Bertz CT molecular complexity index is 361. The van der Waals surface area contributed by atoms with Gasteiger partial charge in [-0.1, -0.05) is 24.3 Å². The zero-order valence-corrected chi connectivity index (χ0v) is 9.25. The minimum Gasteiger partial charge on any atom is -0.368 e. The Morgan fingerprint density at radius 1 is 1.00 bits per heavy atom. The van der Waals surface area contributed by atoms with Gasteiger partial charge in [-0.2, -0.15) is 9.97 Å². The topological polar surface area (TPSA) is 64.7 Å². The molecule has 80 valence electrons.